The molecule has 0 atom stereocenters. The topological polar surface area (TPSA) is 59.0 Å². The molecule has 5 nitrogen and oxygen atoms in total. The molecule has 102 valence electrons. The number of rotatable bonds is 1. The van der Waals surface area contributed by atoms with E-state index >= 15 is 0 Å². The number of hydrogen-bond acceptors (Lipinski definition) is 4. The van der Waals surface area contributed by atoms with Crippen LogP contribution in [0.1, 0.15) is 21.6 Å². The van der Waals surface area contributed by atoms with E-state index in [2.05, 4.69) is 15.0 Å². The zero-order chi connectivity index (χ0) is 14.2. The summed E-state index contributed by atoms with van der Waals surface area (Å²) in [6.45, 7) is 1.17. The maximum Gasteiger partial charge on any atom is 0.254 e. The van der Waals surface area contributed by atoms with Gasteiger partial charge in [-0.15, -0.1) is 0 Å². The molecule has 1 aromatic carbocycles. The zero-order valence-electron chi connectivity index (χ0n) is 11.2. The summed E-state index contributed by atoms with van der Waals surface area (Å²) in [6, 6.07) is 9.34. The molecule has 0 spiro atoms. The minimum Gasteiger partial charge on any atom is -0.328 e. The van der Waals surface area contributed by atoms with E-state index in [1.54, 1.807) is 35.6 Å². The Bertz CT molecular complexity index is 821. The Balaban J connectivity index is 1.65. The summed E-state index contributed by atoms with van der Waals surface area (Å²) in [7, 11) is 0. The molecule has 0 unspecified atom stereocenters. The van der Waals surface area contributed by atoms with Crippen molar-refractivity contribution in [1.82, 2.24) is 19.9 Å². The fraction of sp³-hybridized carbons (Fsp3) is 0.125. The van der Waals surface area contributed by atoms with Gasteiger partial charge < -0.3 is 4.90 Å². The van der Waals surface area contributed by atoms with Crippen LogP contribution in [0.3, 0.4) is 0 Å². The molecule has 2 aromatic heterocycles. The van der Waals surface area contributed by atoms with Crippen molar-refractivity contribution in [2.24, 2.45) is 0 Å². The van der Waals surface area contributed by atoms with Gasteiger partial charge in [-0.2, -0.15) is 0 Å². The summed E-state index contributed by atoms with van der Waals surface area (Å²) in [5, 5.41) is 0. The van der Waals surface area contributed by atoms with Crippen LogP contribution in [0.25, 0.3) is 11.0 Å². The fourth-order valence-corrected chi connectivity index (χ4v) is 2.62. The first kappa shape index (κ1) is 12.0. The van der Waals surface area contributed by atoms with Crippen LogP contribution in [0.4, 0.5) is 0 Å². The Hall–Kier alpha value is -2.82. The number of fused-ring (bicyclic) bond motifs is 2. The summed E-state index contributed by atoms with van der Waals surface area (Å²) >= 11 is 0. The molecule has 5 heteroatoms. The van der Waals surface area contributed by atoms with Crippen LogP contribution >= 0.6 is 0 Å². The first-order valence-electron chi connectivity index (χ1n) is 6.74. The number of nitrogens with zero attached hydrogens (tertiary/aromatic N) is 4. The lowest BCUT2D eigenvalue weighted by Gasteiger charge is -2.15. The van der Waals surface area contributed by atoms with Crippen LogP contribution in [0.15, 0.2) is 48.9 Å². The smallest absolute Gasteiger partial charge is 0.254 e. The lowest BCUT2D eigenvalue weighted by molar-refractivity contribution is 0.0750. The second-order valence-electron chi connectivity index (χ2n) is 5.03. The number of hydrogen-bond donors (Lipinski definition) is 0. The standard InChI is InChI=1S/C16H12N4O/c21-16(20-9-12-2-1-5-17-15(12)10-20)11-3-4-13-14(8-11)19-7-6-18-13/h1-8H,9-10H2. The fourth-order valence-electron chi connectivity index (χ4n) is 2.62. The van der Waals surface area contributed by atoms with Crippen molar-refractivity contribution in [3.63, 3.8) is 0 Å². The van der Waals surface area contributed by atoms with E-state index in [1.165, 1.54) is 0 Å². The van der Waals surface area contributed by atoms with Crippen LogP contribution in [0, 0.1) is 0 Å². The average molecular weight is 276 g/mol. The number of benzene rings is 1. The SMILES string of the molecule is O=C(c1ccc2nccnc2c1)N1Cc2cccnc2C1. The maximum absolute atomic E-state index is 12.6. The molecule has 0 N–H and O–H groups in total. The van der Waals surface area contributed by atoms with Gasteiger partial charge in [0.2, 0.25) is 0 Å². The average Bonchev–Trinajstić information content (AvgIpc) is 2.97. The number of carbonyl (C=O) groups is 1. The second kappa shape index (κ2) is 4.63. The van der Waals surface area contributed by atoms with Gasteiger partial charge in [-0.1, -0.05) is 6.07 Å². The Morgan fingerprint density at radius 1 is 0.952 bits per heavy atom. The molecule has 4 rings (SSSR count). The Morgan fingerprint density at radius 3 is 2.67 bits per heavy atom. The van der Waals surface area contributed by atoms with Gasteiger partial charge in [0.1, 0.15) is 0 Å². The second-order valence-corrected chi connectivity index (χ2v) is 5.03. The Morgan fingerprint density at radius 2 is 1.81 bits per heavy atom. The predicted octanol–water partition coefficient (Wildman–Crippen LogP) is 2.18. The summed E-state index contributed by atoms with van der Waals surface area (Å²) in [5.74, 6) is 0.000512. The van der Waals surface area contributed by atoms with Gasteiger partial charge in [0, 0.05) is 30.7 Å². The van der Waals surface area contributed by atoms with Crippen molar-refractivity contribution in [2.45, 2.75) is 13.1 Å². The van der Waals surface area contributed by atoms with Gasteiger partial charge in [-0.05, 0) is 29.8 Å². The van der Waals surface area contributed by atoms with E-state index in [0.717, 1.165) is 22.3 Å². The highest BCUT2D eigenvalue weighted by atomic mass is 16.2. The summed E-state index contributed by atoms with van der Waals surface area (Å²) in [5.41, 5.74) is 4.26. The van der Waals surface area contributed by atoms with Gasteiger partial charge in [0.25, 0.3) is 5.91 Å². The maximum atomic E-state index is 12.6. The van der Waals surface area contributed by atoms with Crippen molar-refractivity contribution in [3.05, 3.63) is 65.7 Å². The third-order valence-corrected chi connectivity index (χ3v) is 3.69. The lowest BCUT2D eigenvalue weighted by atomic mass is 10.1. The third-order valence-electron chi connectivity index (χ3n) is 3.69. The molecule has 1 aliphatic rings. The molecule has 3 heterocycles. The normalized spacial score (nSPS) is 13.4. The Kier molecular flexibility index (Phi) is 2.64. The minimum absolute atomic E-state index is 0.000512. The van der Waals surface area contributed by atoms with Gasteiger partial charge in [0.05, 0.1) is 23.3 Å². The van der Waals surface area contributed by atoms with Crippen molar-refractivity contribution in [1.29, 1.82) is 0 Å². The monoisotopic (exact) mass is 276 g/mol. The number of pyridine rings is 1. The van der Waals surface area contributed by atoms with Crippen molar-refractivity contribution < 1.29 is 4.79 Å². The summed E-state index contributed by atoms with van der Waals surface area (Å²) in [4.78, 5) is 27.2. The van der Waals surface area contributed by atoms with Crippen molar-refractivity contribution in [2.75, 3.05) is 0 Å². The quantitative estimate of drug-likeness (QED) is 0.683. The van der Waals surface area contributed by atoms with Crippen molar-refractivity contribution >= 4 is 16.9 Å². The van der Waals surface area contributed by atoms with Crippen LogP contribution in [0.2, 0.25) is 0 Å². The molecule has 0 saturated heterocycles. The molecule has 0 fully saturated rings. The van der Waals surface area contributed by atoms with E-state index in [-0.39, 0.29) is 5.91 Å². The largest absolute Gasteiger partial charge is 0.328 e. The minimum atomic E-state index is 0.000512. The first-order valence-corrected chi connectivity index (χ1v) is 6.74. The Labute approximate surface area is 121 Å². The lowest BCUT2D eigenvalue weighted by Crippen LogP contribution is -2.25. The van der Waals surface area contributed by atoms with Crippen LogP contribution in [0.5, 0.6) is 0 Å². The van der Waals surface area contributed by atoms with E-state index < -0.39 is 0 Å². The predicted molar refractivity (Wildman–Crippen MR) is 77.4 cm³/mol. The van der Waals surface area contributed by atoms with E-state index in [0.29, 0.717) is 18.7 Å². The van der Waals surface area contributed by atoms with Crippen molar-refractivity contribution in [3.8, 4) is 0 Å². The van der Waals surface area contributed by atoms with Crippen LogP contribution < -0.4 is 0 Å². The molecule has 1 aliphatic heterocycles. The molecule has 21 heavy (non-hydrogen) atoms. The molecule has 0 saturated carbocycles. The van der Waals surface area contributed by atoms with Gasteiger partial charge >= 0.3 is 0 Å². The molecule has 0 radical (unpaired) electrons. The molecule has 1 amide bonds. The third kappa shape index (κ3) is 2.03. The van der Waals surface area contributed by atoms with Gasteiger partial charge in [0.15, 0.2) is 0 Å². The highest BCUT2D eigenvalue weighted by molar-refractivity contribution is 5.97. The van der Waals surface area contributed by atoms with E-state index in [9.17, 15) is 4.79 Å². The first-order chi connectivity index (χ1) is 10.3. The number of aromatic nitrogens is 3. The van der Waals surface area contributed by atoms with Gasteiger partial charge in [-0.3, -0.25) is 19.7 Å². The number of amides is 1. The van der Waals surface area contributed by atoms with Gasteiger partial charge in [-0.25, -0.2) is 0 Å². The molecular formula is C16H12N4O. The summed E-state index contributed by atoms with van der Waals surface area (Å²) < 4.78 is 0. The number of carbonyl (C=O) groups excluding carboxylic acids is 1. The molecule has 3 aromatic rings. The molecular weight excluding hydrogens is 264 g/mol. The molecule has 0 bridgehead atoms. The van der Waals surface area contributed by atoms with E-state index in [4.69, 9.17) is 0 Å². The van der Waals surface area contributed by atoms with E-state index in [1.807, 2.05) is 18.2 Å². The molecule has 0 aliphatic carbocycles. The summed E-state index contributed by atoms with van der Waals surface area (Å²) in [6.07, 6.45) is 5.04. The van der Waals surface area contributed by atoms with Crippen LogP contribution in [-0.4, -0.2) is 25.8 Å². The highest BCUT2D eigenvalue weighted by Crippen LogP contribution is 2.23. The zero-order valence-corrected chi connectivity index (χ0v) is 11.2. The highest BCUT2D eigenvalue weighted by Gasteiger charge is 2.25. The van der Waals surface area contributed by atoms with Crippen LogP contribution in [-0.2, 0) is 13.1 Å².